The van der Waals surface area contributed by atoms with Gasteiger partial charge in [-0.1, -0.05) is 60.4 Å². The summed E-state index contributed by atoms with van der Waals surface area (Å²) in [5, 5.41) is 13.0. The number of ether oxygens (including phenoxy) is 1. The summed E-state index contributed by atoms with van der Waals surface area (Å²) in [7, 11) is 0. The van der Waals surface area contributed by atoms with Gasteiger partial charge in [-0.15, -0.1) is 0 Å². The molecule has 0 bridgehead atoms. The maximum absolute atomic E-state index is 12.5. The number of amides is 2. The van der Waals surface area contributed by atoms with Gasteiger partial charge in [-0.2, -0.15) is 0 Å². The molecule has 1 aliphatic carbocycles. The second-order valence-electron chi connectivity index (χ2n) is 11.1. The van der Waals surface area contributed by atoms with Gasteiger partial charge in [0.15, 0.2) is 0 Å². The van der Waals surface area contributed by atoms with Crippen LogP contribution in [0.2, 0.25) is 0 Å². The van der Waals surface area contributed by atoms with E-state index in [-0.39, 0.29) is 24.1 Å². The van der Waals surface area contributed by atoms with Crippen LogP contribution < -0.4 is 5.32 Å². The summed E-state index contributed by atoms with van der Waals surface area (Å²) in [6.45, 7) is 9.68. The van der Waals surface area contributed by atoms with Crippen molar-refractivity contribution >= 4 is 12.0 Å². The molecule has 1 saturated heterocycles. The number of carbonyl (C=O) groups is 2. The van der Waals surface area contributed by atoms with E-state index in [0.717, 1.165) is 24.0 Å². The SMILES string of the molecule is CC(c1ccc(C#CC(C)(C)C(=O)NC2CC2)cc1)N1CCC(CC(C)(C)O)OC1=O.c1ccccc1. The molecule has 37 heavy (non-hydrogen) atoms. The number of nitrogens with one attached hydrogen (secondary N) is 1. The van der Waals surface area contributed by atoms with E-state index >= 15 is 0 Å². The number of cyclic esters (lactones) is 1. The Morgan fingerprint density at radius 2 is 1.62 bits per heavy atom. The lowest BCUT2D eigenvalue weighted by molar-refractivity contribution is -0.126. The molecule has 2 amide bonds. The lowest BCUT2D eigenvalue weighted by atomic mass is 9.92. The molecule has 1 aliphatic heterocycles. The lowest BCUT2D eigenvalue weighted by Gasteiger charge is -2.37. The quantitative estimate of drug-likeness (QED) is 0.512. The molecule has 6 heteroatoms. The Bertz CT molecular complexity index is 1060. The van der Waals surface area contributed by atoms with Crippen LogP contribution in [-0.2, 0) is 9.53 Å². The van der Waals surface area contributed by atoms with Crippen molar-refractivity contribution in [2.24, 2.45) is 5.41 Å². The zero-order valence-electron chi connectivity index (χ0n) is 22.7. The number of rotatable bonds is 6. The van der Waals surface area contributed by atoms with Crippen molar-refractivity contribution in [1.82, 2.24) is 10.2 Å². The highest BCUT2D eigenvalue weighted by Crippen LogP contribution is 2.28. The van der Waals surface area contributed by atoms with Crippen molar-refractivity contribution in [1.29, 1.82) is 0 Å². The molecule has 2 aromatic rings. The van der Waals surface area contributed by atoms with Gasteiger partial charge in [0.2, 0.25) is 5.91 Å². The summed E-state index contributed by atoms with van der Waals surface area (Å²) in [5.41, 5.74) is 0.220. The molecule has 2 aromatic carbocycles. The average Bonchev–Trinajstić information content (AvgIpc) is 3.67. The van der Waals surface area contributed by atoms with E-state index in [1.54, 1.807) is 18.7 Å². The largest absolute Gasteiger partial charge is 0.446 e. The average molecular weight is 505 g/mol. The molecule has 0 aromatic heterocycles. The standard InChI is InChI=1S/C25H34N2O4.C6H6/c1-17(27-15-13-21(31-23(27)29)16-25(4,5)30)19-8-6-18(7-9-19)12-14-24(2,3)22(28)26-20-10-11-20;1-2-4-6-5-3-1/h6-9,17,20-21,30H,10-11,13,15-16H2,1-5H3,(H,26,28);1-6H. The van der Waals surface area contributed by atoms with Gasteiger partial charge in [0.05, 0.1) is 11.6 Å². The van der Waals surface area contributed by atoms with Crippen LogP contribution in [0.3, 0.4) is 0 Å². The molecule has 2 atom stereocenters. The molecule has 2 fully saturated rings. The molecule has 0 spiro atoms. The number of nitrogens with zero attached hydrogens (tertiary/aromatic N) is 1. The van der Waals surface area contributed by atoms with E-state index in [9.17, 15) is 14.7 Å². The first-order chi connectivity index (χ1) is 17.4. The van der Waals surface area contributed by atoms with E-state index in [1.165, 1.54) is 0 Å². The summed E-state index contributed by atoms with van der Waals surface area (Å²) in [4.78, 5) is 26.5. The smallest absolute Gasteiger partial charge is 0.410 e. The molecule has 4 rings (SSSR count). The number of hydrogen-bond acceptors (Lipinski definition) is 4. The molecule has 2 aliphatic rings. The minimum atomic E-state index is -0.858. The van der Waals surface area contributed by atoms with E-state index in [0.29, 0.717) is 25.4 Å². The normalized spacial score (nSPS) is 18.4. The summed E-state index contributed by atoms with van der Waals surface area (Å²) in [5.74, 6) is 6.16. The molecule has 2 unspecified atom stereocenters. The highest BCUT2D eigenvalue weighted by atomic mass is 16.6. The van der Waals surface area contributed by atoms with Crippen LogP contribution in [0.4, 0.5) is 4.79 Å². The first-order valence-electron chi connectivity index (χ1n) is 13.1. The van der Waals surface area contributed by atoms with Crippen LogP contribution in [0.1, 0.15) is 77.5 Å². The van der Waals surface area contributed by atoms with E-state index in [1.807, 2.05) is 81.4 Å². The molecule has 198 valence electrons. The summed E-state index contributed by atoms with van der Waals surface area (Å²) in [6, 6.07) is 19.9. The number of benzene rings is 2. The lowest BCUT2D eigenvalue weighted by Crippen LogP contribution is -2.45. The zero-order valence-corrected chi connectivity index (χ0v) is 22.7. The van der Waals surface area contributed by atoms with Crippen LogP contribution in [0.25, 0.3) is 0 Å². The molecule has 1 saturated carbocycles. The number of aliphatic hydroxyl groups is 1. The first-order valence-corrected chi connectivity index (χ1v) is 13.1. The molecular weight excluding hydrogens is 464 g/mol. The summed E-state index contributed by atoms with van der Waals surface area (Å²) >= 11 is 0. The minimum absolute atomic E-state index is 0.0285. The Balaban J connectivity index is 0.000000555. The number of hydrogen-bond donors (Lipinski definition) is 2. The van der Waals surface area contributed by atoms with Crippen molar-refractivity contribution in [3.63, 3.8) is 0 Å². The van der Waals surface area contributed by atoms with Crippen molar-refractivity contribution in [3.8, 4) is 11.8 Å². The van der Waals surface area contributed by atoms with Gasteiger partial charge in [0, 0.05) is 31.0 Å². The molecule has 0 radical (unpaired) electrons. The fourth-order valence-electron chi connectivity index (χ4n) is 3.98. The van der Waals surface area contributed by atoms with Gasteiger partial charge >= 0.3 is 6.09 Å². The highest BCUT2D eigenvalue weighted by molar-refractivity contribution is 5.85. The second kappa shape index (κ2) is 12.3. The molecule has 1 heterocycles. The summed E-state index contributed by atoms with van der Waals surface area (Å²) < 4.78 is 5.54. The van der Waals surface area contributed by atoms with Gasteiger partial charge in [0.1, 0.15) is 11.5 Å². The second-order valence-corrected chi connectivity index (χ2v) is 11.1. The van der Waals surface area contributed by atoms with Crippen molar-refractivity contribution < 1.29 is 19.4 Å². The van der Waals surface area contributed by atoms with Gasteiger partial charge in [0.25, 0.3) is 0 Å². The van der Waals surface area contributed by atoms with E-state index in [4.69, 9.17) is 4.74 Å². The Morgan fingerprint density at radius 3 is 2.11 bits per heavy atom. The maximum atomic E-state index is 12.5. The zero-order chi connectivity index (χ0) is 27.1. The van der Waals surface area contributed by atoms with Crippen LogP contribution in [-0.4, -0.2) is 46.3 Å². The maximum Gasteiger partial charge on any atom is 0.410 e. The van der Waals surface area contributed by atoms with Crippen molar-refractivity contribution in [2.45, 2.75) is 84.1 Å². The van der Waals surface area contributed by atoms with Crippen LogP contribution >= 0.6 is 0 Å². The third-order valence-corrected chi connectivity index (χ3v) is 6.45. The van der Waals surface area contributed by atoms with Crippen LogP contribution in [0, 0.1) is 17.3 Å². The molecule has 2 N–H and O–H groups in total. The van der Waals surface area contributed by atoms with E-state index < -0.39 is 11.0 Å². The Hall–Kier alpha value is -3.30. The fraction of sp³-hybridized carbons (Fsp3) is 0.484. The Labute approximate surface area is 221 Å². The Kier molecular flexibility index (Phi) is 9.39. The van der Waals surface area contributed by atoms with Crippen molar-refractivity contribution in [3.05, 3.63) is 71.8 Å². The van der Waals surface area contributed by atoms with Gasteiger partial charge < -0.3 is 20.1 Å². The number of carbonyl (C=O) groups excluding carboxylic acids is 2. The first kappa shape index (κ1) is 28.3. The predicted molar refractivity (Wildman–Crippen MR) is 146 cm³/mol. The Morgan fingerprint density at radius 1 is 1.05 bits per heavy atom. The van der Waals surface area contributed by atoms with Crippen LogP contribution in [0.5, 0.6) is 0 Å². The van der Waals surface area contributed by atoms with Crippen molar-refractivity contribution in [2.75, 3.05) is 6.54 Å². The third-order valence-electron chi connectivity index (χ3n) is 6.45. The van der Waals surface area contributed by atoms with Gasteiger partial charge in [-0.25, -0.2) is 4.79 Å². The third kappa shape index (κ3) is 9.26. The van der Waals surface area contributed by atoms with E-state index in [2.05, 4.69) is 17.2 Å². The predicted octanol–water partition coefficient (Wildman–Crippen LogP) is 5.46. The van der Waals surface area contributed by atoms with Gasteiger partial charge in [-0.3, -0.25) is 4.79 Å². The topological polar surface area (TPSA) is 78.9 Å². The monoisotopic (exact) mass is 504 g/mol. The fourth-order valence-corrected chi connectivity index (χ4v) is 3.98. The molecule has 6 nitrogen and oxygen atoms in total. The summed E-state index contributed by atoms with van der Waals surface area (Å²) in [6.07, 6.45) is 2.64. The minimum Gasteiger partial charge on any atom is -0.446 e. The van der Waals surface area contributed by atoms with Crippen LogP contribution in [0.15, 0.2) is 60.7 Å². The molecular formula is C31H40N2O4. The highest BCUT2D eigenvalue weighted by Gasteiger charge is 2.34. The van der Waals surface area contributed by atoms with Gasteiger partial charge in [-0.05, 0) is 65.2 Å².